The summed E-state index contributed by atoms with van der Waals surface area (Å²) in [7, 11) is 0. The summed E-state index contributed by atoms with van der Waals surface area (Å²) < 4.78 is 54.4. The van der Waals surface area contributed by atoms with Gasteiger partial charge in [0.1, 0.15) is 18.5 Å². The van der Waals surface area contributed by atoms with Crippen molar-refractivity contribution in [3.8, 4) is 17.1 Å². The van der Waals surface area contributed by atoms with Crippen LogP contribution >= 0.6 is 11.6 Å². The summed E-state index contributed by atoms with van der Waals surface area (Å²) in [5.74, 6) is -0.591. The van der Waals surface area contributed by atoms with Crippen LogP contribution in [0.2, 0.25) is 5.02 Å². The molecular weight excluding hydrogens is 575 g/mol. The molecule has 0 radical (unpaired) electrons. The zero-order valence-corrected chi connectivity index (χ0v) is 23.9. The number of hydrogen-bond donors (Lipinski definition) is 3. The highest BCUT2D eigenvalue weighted by atomic mass is 35.5. The number of oxazole rings is 1. The van der Waals surface area contributed by atoms with Crippen molar-refractivity contribution < 1.29 is 37.6 Å². The molecule has 4 rings (SSSR count). The Labute approximate surface area is 246 Å². The number of aliphatic hydroxyl groups is 3. The molecule has 42 heavy (non-hydrogen) atoms. The summed E-state index contributed by atoms with van der Waals surface area (Å²) in [6.07, 6.45) is -3.59. The summed E-state index contributed by atoms with van der Waals surface area (Å²) in [6.45, 7) is 2.87. The lowest BCUT2D eigenvalue weighted by Gasteiger charge is -2.21. The van der Waals surface area contributed by atoms with Gasteiger partial charge in [-0.3, -0.25) is 4.68 Å². The van der Waals surface area contributed by atoms with Crippen molar-refractivity contribution in [1.82, 2.24) is 14.8 Å². The van der Waals surface area contributed by atoms with Gasteiger partial charge in [0.15, 0.2) is 11.5 Å². The first kappa shape index (κ1) is 31.6. The Morgan fingerprint density at radius 1 is 1.07 bits per heavy atom. The normalized spacial score (nSPS) is 13.7. The number of alkyl halides is 3. The van der Waals surface area contributed by atoms with Gasteiger partial charge in [0, 0.05) is 19.1 Å². The van der Waals surface area contributed by atoms with Gasteiger partial charge in [-0.05, 0) is 50.3 Å². The first-order valence-electron chi connectivity index (χ1n) is 13.4. The molecule has 3 N–H and O–H groups in total. The summed E-state index contributed by atoms with van der Waals surface area (Å²) in [5, 5.41) is 35.0. The average molecular weight is 608 g/mol. The van der Waals surface area contributed by atoms with Crippen molar-refractivity contribution in [3.63, 3.8) is 0 Å². The molecule has 0 saturated carbocycles. The Kier molecular flexibility index (Phi) is 9.98. The number of aliphatic hydroxyl groups excluding tert-OH is 2. The standard InChI is InChI=1S/C30H33ClF3N3O5/c1-29(2,40)12-13-37-27(30(32,33)34)22(16-36-37)24-17-35-28(42-24)26(39)21(11-14-38)15-20-9-6-10-23(25(20)31)41-18-19-7-4-3-5-8-19/h3-10,16-17,21,26,38-40H,11-15,18H2,1-2H3. The van der Waals surface area contributed by atoms with Gasteiger partial charge in [-0.2, -0.15) is 18.3 Å². The van der Waals surface area contributed by atoms with Crippen LogP contribution in [-0.4, -0.2) is 42.3 Å². The SMILES string of the molecule is CC(C)(O)CCn1ncc(-c2cnc(C(O)C(CCO)Cc3cccc(OCc4ccccc4)c3Cl)o2)c1C(F)(F)F. The number of aryl methyl sites for hydroxylation is 1. The van der Waals surface area contributed by atoms with Crippen LogP contribution in [0.4, 0.5) is 13.2 Å². The molecule has 0 aliphatic rings. The van der Waals surface area contributed by atoms with E-state index in [0.717, 1.165) is 22.6 Å². The molecular formula is C30H33ClF3N3O5. The lowest BCUT2D eigenvalue weighted by molar-refractivity contribution is -0.144. The van der Waals surface area contributed by atoms with E-state index in [1.807, 2.05) is 30.3 Å². The zero-order valence-electron chi connectivity index (χ0n) is 23.2. The van der Waals surface area contributed by atoms with Crippen molar-refractivity contribution in [2.24, 2.45) is 5.92 Å². The Balaban J connectivity index is 1.54. The second kappa shape index (κ2) is 13.3. The van der Waals surface area contributed by atoms with Crippen molar-refractivity contribution in [2.75, 3.05) is 6.61 Å². The van der Waals surface area contributed by atoms with Gasteiger partial charge in [-0.15, -0.1) is 0 Å². The molecule has 4 aromatic rings. The van der Waals surface area contributed by atoms with Crippen molar-refractivity contribution in [3.05, 3.63) is 88.7 Å². The molecule has 0 saturated heterocycles. The van der Waals surface area contributed by atoms with Gasteiger partial charge in [0.2, 0.25) is 5.89 Å². The monoisotopic (exact) mass is 607 g/mol. The summed E-state index contributed by atoms with van der Waals surface area (Å²) >= 11 is 6.63. The Morgan fingerprint density at radius 3 is 2.48 bits per heavy atom. The van der Waals surface area contributed by atoms with E-state index in [4.69, 9.17) is 20.8 Å². The fraction of sp³-hybridized carbons (Fsp3) is 0.400. The first-order valence-corrected chi connectivity index (χ1v) is 13.8. The van der Waals surface area contributed by atoms with Crippen molar-refractivity contribution in [2.45, 2.75) is 64.1 Å². The number of halogens is 4. The molecule has 2 aromatic carbocycles. The van der Waals surface area contributed by atoms with Crippen molar-refractivity contribution >= 4 is 11.6 Å². The van der Waals surface area contributed by atoms with E-state index in [-0.39, 0.29) is 49.6 Å². The maximum Gasteiger partial charge on any atom is 0.433 e. The number of aromatic nitrogens is 3. The first-order chi connectivity index (χ1) is 19.9. The molecule has 0 spiro atoms. The van der Waals surface area contributed by atoms with Crippen LogP contribution in [0.5, 0.6) is 5.75 Å². The maximum atomic E-state index is 14.0. The van der Waals surface area contributed by atoms with Gasteiger partial charge in [0.05, 0.1) is 28.6 Å². The third kappa shape index (κ3) is 7.91. The second-order valence-electron chi connectivity index (χ2n) is 10.7. The molecule has 0 amide bonds. The van der Waals surface area contributed by atoms with Gasteiger partial charge in [0.25, 0.3) is 0 Å². The van der Waals surface area contributed by atoms with Crippen LogP contribution in [0, 0.1) is 5.92 Å². The number of hydrogen-bond acceptors (Lipinski definition) is 7. The Hall–Kier alpha value is -3.38. The van der Waals surface area contributed by atoms with Gasteiger partial charge >= 0.3 is 6.18 Å². The Bertz CT molecular complexity index is 1450. The fourth-order valence-corrected chi connectivity index (χ4v) is 4.80. The van der Waals surface area contributed by atoms with Crippen LogP contribution in [0.3, 0.4) is 0 Å². The minimum Gasteiger partial charge on any atom is -0.487 e. The lowest BCUT2D eigenvalue weighted by atomic mass is 9.91. The van der Waals surface area contributed by atoms with E-state index in [9.17, 15) is 28.5 Å². The number of nitrogens with zero attached hydrogens (tertiary/aromatic N) is 3. The van der Waals surface area contributed by atoms with E-state index >= 15 is 0 Å². The van der Waals surface area contributed by atoms with E-state index in [1.165, 1.54) is 13.8 Å². The Morgan fingerprint density at radius 2 is 1.81 bits per heavy atom. The largest absolute Gasteiger partial charge is 0.487 e. The maximum absolute atomic E-state index is 14.0. The minimum absolute atomic E-state index is 0.0431. The third-order valence-corrected chi connectivity index (χ3v) is 7.22. The molecule has 2 heterocycles. The molecule has 226 valence electrons. The topological polar surface area (TPSA) is 114 Å². The zero-order chi connectivity index (χ0) is 30.5. The molecule has 0 bridgehead atoms. The number of benzene rings is 2. The van der Waals surface area contributed by atoms with Gasteiger partial charge in [-0.25, -0.2) is 4.98 Å². The predicted octanol–water partition coefficient (Wildman–Crippen LogP) is 6.23. The van der Waals surface area contributed by atoms with Crippen LogP contribution < -0.4 is 4.74 Å². The second-order valence-corrected chi connectivity index (χ2v) is 11.1. The molecule has 8 nitrogen and oxygen atoms in total. The van der Waals surface area contributed by atoms with Crippen LogP contribution in [0.15, 0.2) is 65.3 Å². The number of ether oxygens (including phenoxy) is 1. The molecule has 0 aliphatic heterocycles. The molecule has 12 heteroatoms. The molecule has 2 aromatic heterocycles. The van der Waals surface area contributed by atoms with Crippen molar-refractivity contribution in [1.29, 1.82) is 0 Å². The molecule has 0 fully saturated rings. The quantitative estimate of drug-likeness (QED) is 0.165. The molecule has 2 unspecified atom stereocenters. The van der Waals surface area contributed by atoms with E-state index in [2.05, 4.69) is 10.1 Å². The minimum atomic E-state index is -4.76. The van der Waals surface area contributed by atoms with Gasteiger partial charge in [-0.1, -0.05) is 54.1 Å². The van der Waals surface area contributed by atoms with E-state index in [0.29, 0.717) is 22.9 Å². The summed E-state index contributed by atoms with van der Waals surface area (Å²) in [6, 6.07) is 14.8. The molecule has 2 atom stereocenters. The lowest BCUT2D eigenvalue weighted by Crippen LogP contribution is -2.24. The summed E-state index contributed by atoms with van der Waals surface area (Å²) in [5.41, 5.74) is -0.955. The summed E-state index contributed by atoms with van der Waals surface area (Å²) in [4.78, 5) is 4.06. The highest BCUT2D eigenvalue weighted by Gasteiger charge is 2.40. The highest BCUT2D eigenvalue weighted by Crippen LogP contribution is 2.39. The number of rotatable bonds is 13. The smallest absolute Gasteiger partial charge is 0.433 e. The predicted molar refractivity (Wildman–Crippen MR) is 150 cm³/mol. The van der Waals surface area contributed by atoms with Crippen LogP contribution in [-0.2, 0) is 25.7 Å². The van der Waals surface area contributed by atoms with E-state index < -0.39 is 29.5 Å². The van der Waals surface area contributed by atoms with E-state index in [1.54, 1.807) is 18.2 Å². The third-order valence-electron chi connectivity index (χ3n) is 6.79. The van der Waals surface area contributed by atoms with Gasteiger partial charge < -0.3 is 24.5 Å². The molecule has 0 aliphatic carbocycles. The van der Waals surface area contributed by atoms with Crippen LogP contribution in [0.1, 0.15) is 55.5 Å². The fourth-order valence-electron chi connectivity index (χ4n) is 4.54. The average Bonchev–Trinajstić information content (AvgIpc) is 3.59. The van der Waals surface area contributed by atoms with Crippen LogP contribution in [0.25, 0.3) is 11.3 Å². The highest BCUT2D eigenvalue weighted by molar-refractivity contribution is 6.32.